The Hall–Kier alpha value is -2.39. The Morgan fingerprint density at radius 3 is 2.59 bits per heavy atom. The van der Waals surface area contributed by atoms with E-state index in [4.69, 9.17) is 28.4 Å². The molecule has 2 N–H and O–H groups in total. The van der Waals surface area contributed by atoms with Gasteiger partial charge in [-0.3, -0.25) is 14.9 Å². The minimum Gasteiger partial charge on any atom is -0.461 e. The van der Waals surface area contributed by atoms with E-state index in [1.165, 1.54) is 6.92 Å². The van der Waals surface area contributed by atoms with Crippen LogP contribution < -0.4 is 5.32 Å². The zero-order valence-corrected chi connectivity index (χ0v) is 12.5. The molecule has 1 aromatic rings. The highest BCUT2D eigenvalue weighted by Gasteiger charge is 2.27. The Morgan fingerprint density at radius 2 is 2.09 bits per heavy atom. The quantitative estimate of drug-likeness (QED) is 0.209. The van der Waals surface area contributed by atoms with Crippen LogP contribution in [0.2, 0.25) is 10.0 Å². The molecule has 0 radical (unpaired) electrons. The smallest absolute Gasteiger partial charge is 0.366 e. The van der Waals surface area contributed by atoms with Crippen molar-refractivity contribution in [3.8, 4) is 0 Å². The summed E-state index contributed by atoms with van der Waals surface area (Å²) >= 11 is 11.4. The molecule has 0 saturated heterocycles. The van der Waals surface area contributed by atoms with Crippen molar-refractivity contribution in [2.45, 2.75) is 6.92 Å². The van der Waals surface area contributed by atoms with Crippen LogP contribution in [0, 0.1) is 10.1 Å². The first kappa shape index (κ1) is 17.7. The number of carbonyl (C=O) groups excluding carboxylic acids is 2. The van der Waals surface area contributed by atoms with Gasteiger partial charge < -0.3 is 15.3 Å². The van der Waals surface area contributed by atoms with Crippen LogP contribution in [0.3, 0.4) is 0 Å². The molecule has 0 atom stereocenters. The highest BCUT2D eigenvalue weighted by Crippen LogP contribution is 2.35. The monoisotopic (exact) mass is 349 g/mol. The van der Waals surface area contributed by atoms with E-state index in [0.717, 1.165) is 12.1 Å². The van der Waals surface area contributed by atoms with Crippen molar-refractivity contribution >= 4 is 52.2 Å². The highest BCUT2D eigenvalue weighted by atomic mass is 35.5. The van der Waals surface area contributed by atoms with Crippen LogP contribution in [0.4, 0.5) is 11.4 Å². The van der Waals surface area contributed by atoms with Crippen molar-refractivity contribution in [3.05, 3.63) is 32.3 Å². The maximum Gasteiger partial charge on any atom is 0.366 e. The van der Waals surface area contributed by atoms with Crippen molar-refractivity contribution in [1.29, 1.82) is 0 Å². The highest BCUT2D eigenvalue weighted by molar-refractivity contribution is 6.66. The fourth-order valence-electron chi connectivity index (χ4n) is 1.41. The van der Waals surface area contributed by atoms with Crippen molar-refractivity contribution in [1.82, 2.24) is 0 Å². The number of nitrogens with one attached hydrogen (secondary N) is 1. The molecule has 0 aromatic heterocycles. The van der Waals surface area contributed by atoms with Gasteiger partial charge in [0.1, 0.15) is 10.7 Å². The summed E-state index contributed by atoms with van der Waals surface area (Å²) in [6.45, 7) is 1.42. The van der Waals surface area contributed by atoms with Gasteiger partial charge in [0.05, 0.1) is 11.5 Å². The maximum atomic E-state index is 11.8. The number of nitro groups is 1. The summed E-state index contributed by atoms with van der Waals surface area (Å²) < 4.78 is 4.50. The summed E-state index contributed by atoms with van der Waals surface area (Å²) in [7, 11) is 0. The number of rotatable bonds is 5. The van der Waals surface area contributed by atoms with Crippen LogP contribution in [0.5, 0.6) is 0 Å². The predicted molar refractivity (Wildman–Crippen MR) is 77.6 cm³/mol. The van der Waals surface area contributed by atoms with Crippen LogP contribution in [-0.4, -0.2) is 34.3 Å². The second-order valence-corrected chi connectivity index (χ2v) is 4.51. The molecular formula is C11H9Cl2N3O6. The number of oxime groups is 1. The van der Waals surface area contributed by atoms with Gasteiger partial charge in [0.25, 0.3) is 11.6 Å². The Bertz CT molecular complexity index is 661. The molecule has 0 aliphatic carbocycles. The average molecular weight is 350 g/mol. The zero-order valence-electron chi connectivity index (χ0n) is 11.0. The van der Waals surface area contributed by atoms with Gasteiger partial charge in [0.15, 0.2) is 0 Å². The van der Waals surface area contributed by atoms with Gasteiger partial charge in [-0.25, -0.2) is 4.79 Å². The molecule has 0 saturated carbocycles. The molecule has 9 nitrogen and oxygen atoms in total. The topological polar surface area (TPSA) is 131 Å². The first-order valence-corrected chi connectivity index (χ1v) is 6.41. The molecule has 0 heterocycles. The molecular weight excluding hydrogens is 341 g/mol. The van der Waals surface area contributed by atoms with Gasteiger partial charge in [-0.2, -0.15) is 0 Å². The molecule has 0 fully saturated rings. The number of hydrogen-bond acceptors (Lipinski definition) is 7. The standard InChI is InChI=1S/C11H9Cl2N3O6/c1-2-22-11(18)8(15-19)10(17)14-7-4-5(12)3-6(13)9(7)16(20)21/h3-4,19H,2H2,1H3,(H,14,17). The molecule has 0 aliphatic rings. The maximum absolute atomic E-state index is 11.8. The number of nitrogens with zero attached hydrogens (tertiary/aromatic N) is 2. The number of carbonyl (C=O) groups is 2. The lowest BCUT2D eigenvalue weighted by Gasteiger charge is -2.08. The van der Waals surface area contributed by atoms with E-state index in [1.807, 2.05) is 5.32 Å². The molecule has 11 heteroatoms. The Labute approximate surface area is 133 Å². The lowest BCUT2D eigenvalue weighted by molar-refractivity contribution is -0.383. The van der Waals surface area contributed by atoms with Crippen LogP contribution in [0.25, 0.3) is 0 Å². The summed E-state index contributed by atoms with van der Waals surface area (Å²) in [6, 6.07) is 2.17. The number of benzene rings is 1. The van der Waals surface area contributed by atoms with E-state index in [1.54, 1.807) is 0 Å². The Morgan fingerprint density at radius 1 is 1.45 bits per heavy atom. The minimum absolute atomic E-state index is 0.0181. The lowest BCUT2D eigenvalue weighted by Crippen LogP contribution is -2.31. The average Bonchev–Trinajstić information content (AvgIpc) is 2.38. The molecule has 1 amide bonds. The van der Waals surface area contributed by atoms with Gasteiger partial charge in [-0.05, 0) is 19.1 Å². The minimum atomic E-state index is -1.22. The predicted octanol–water partition coefficient (Wildman–Crippen LogP) is 2.23. The van der Waals surface area contributed by atoms with Crippen molar-refractivity contribution in [2.24, 2.45) is 5.16 Å². The number of hydrogen-bond donors (Lipinski definition) is 2. The summed E-state index contributed by atoms with van der Waals surface area (Å²) in [4.78, 5) is 33.4. The molecule has 0 spiro atoms. The van der Waals surface area contributed by atoms with Crippen LogP contribution in [0.15, 0.2) is 17.3 Å². The van der Waals surface area contributed by atoms with E-state index in [9.17, 15) is 19.7 Å². The first-order valence-electron chi connectivity index (χ1n) is 5.65. The number of halogens is 2. The number of anilines is 1. The normalized spacial score (nSPS) is 11.0. The molecule has 0 unspecified atom stereocenters. The summed E-state index contributed by atoms with van der Waals surface area (Å²) in [6.07, 6.45) is 0. The van der Waals surface area contributed by atoms with E-state index >= 15 is 0 Å². The van der Waals surface area contributed by atoms with Gasteiger partial charge in [-0.1, -0.05) is 28.4 Å². The fourth-order valence-corrected chi connectivity index (χ4v) is 1.97. The Balaban J connectivity index is 3.16. The van der Waals surface area contributed by atoms with Gasteiger partial charge in [0.2, 0.25) is 0 Å². The summed E-state index contributed by atoms with van der Waals surface area (Å²) in [5.74, 6) is -2.42. The van der Waals surface area contributed by atoms with Crippen LogP contribution in [-0.2, 0) is 14.3 Å². The third kappa shape index (κ3) is 4.06. The molecule has 118 valence electrons. The van der Waals surface area contributed by atoms with Crippen molar-refractivity contribution in [3.63, 3.8) is 0 Å². The zero-order chi connectivity index (χ0) is 16.9. The van der Waals surface area contributed by atoms with Gasteiger partial charge in [0, 0.05) is 5.02 Å². The van der Waals surface area contributed by atoms with E-state index < -0.39 is 28.2 Å². The number of ether oxygens (including phenoxy) is 1. The first-order chi connectivity index (χ1) is 10.3. The number of esters is 1. The SMILES string of the molecule is CCOC(=O)C(=NO)C(=O)Nc1cc(Cl)cc(Cl)c1[N+](=O)[O-]. The van der Waals surface area contributed by atoms with Crippen molar-refractivity contribution in [2.75, 3.05) is 11.9 Å². The molecule has 22 heavy (non-hydrogen) atoms. The fraction of sp³-hybridized carbons (Fsp3) is 0.182. The second kappa shape index (κ2) is 7.57. The lowest BCUT2D eigenvalue weighted by atomic mass is 10.2. The van der Waals surface area contributed by atoms with E-state index in [0.29, 0.717) is 0 Å². The molecule has 1 aromatic carbocycles. The number of amides is 1. The van der Waals surface area contributed by atoms with Gasteiger partial charge >= 0.3 is 11.7 Å². The summed E-state index contributed by atoms with van der Waals surface area (Å²) in [5.41, 5.74) is -1.97. The third-order valence-corrected chi connectivity index (χ3v) is 2.75. The van der Waals surface area contributed by atoms with E-state index in [-0.39, 0.29) is 22.3 Å². The summed E-state index contributed by atoms with van der Waals surface area (Å²) in [5, 5.41) is 23.9. The number of nitro benzene ring substituents is 1. The largest absolute Gasteiger partial charge is 0.461 e. The molecule has 0 aliphatic heterocycles. The van der Waals surface area contributed by atoms with Crippen molar-refractivity contribution < 1.29 is 24.5 Å². The third-order valence-electron chi connectivity index (χ3n) is 2.24. The molecule has 0 bridgehead atoms. The van der Waals surface area contributed by atoms with Crippen LogP contribution >= 0.6 is 23.2 Å². The van der Waals surface area contributed by atoms with Crippen LogP contribution in [0.1, 0.15) is 6.92 Å². The molecule has 1 rings (SSSR count). The Kier molecular flexibility index (Phi) is 6.08. The van der Waals surface area contributed by atoms with Gasteiger partial charge in [-0.15, -0.1) is 0 Å². The van der Waals surface area contributed by atoms with E-state index in [2.05, 4.69) is 9.89 Å². The second-order valence-electron chi connectivity index (χ2n) is 3.66.